The molecular formula is C25H28N4O2. The number of carbonyl (C=O) groups is 2. The standard InChI is InChI=1S/C25H28N4O2/c1-18-17-27-25(31)29(24(18)21-9-5-8-20(14-21)16-26)22-10-12-28(13-11-22)23(30)15-19-6-3-2-4-7-19/h2-9,14,18,22,24H,10-13,15,17H2,1H3,(H,27,31). The molecule has 1 N–H and O–H groups in total. The van der Waals surface area contributed by atoms with Gasteiger partial charge in [-0.15, -0.1) is 0 Å². The fourth-order valence-electron chi connectivity index (χ4n) is 4.80. The van der Waals surface area contributed by atoms with E-state index < -0.39 is 0 Å². The molecule has 4 rings (SSSR count). The Balaban J connectivity index is 1.47. The van der Waals surface area contributed by atoms with Gasteiger partial charge in [-0.1, -0.05) is 49.4 Å². The van der Waals surface area contributed by atoms with E-state index in [1.54, 1.807) is 6.07 Å². The van der Waals surface area contributed by atoms with Crippen LogP contribution in [0.4, 0.5) is 4.79 Å². The van der Waals surface area contributed by atoms with Crippen LogP contribution < -0.4 is 5.32 Å². The fourth-order valence-corrected chi connectivity index (χ4v) is 4.80. The number of benzene rings is 2. The lowest BCUT2D eigenvalue weighted by molar-refractivity contribution is -0.132. The van der Waals surface area contributed by atoms with Crippen LogP contribution in [0.5, 0.6) is 0 Å². The van der Waals surface area contributed by atoms with Gasteiger partial charge >= 0.3 is 6.03 Å². The number of hydrogen-bond acceptors (Lipinski definition) is 3. The molecule has 0 saturated carbocycles. The summed E-state index contributed by atoms with van der Waals surface area (Å²) in [7, 11) is 0. The van der Waals surface area contributed by atoms with Crippen LogP contribution in [0.1, 0.15) is 42.5 Å². The number of carbonyl (C=O) groups excluding carboxylic acids is 2. The van der Waals surface area contributed by atoms with Crippen LogP contribution in [0.15, 0.2) is 54.6 Å². The average Bonchev–Trinajstić information content (AvgIpc) is 2.81. The molecule has 2 aliphatic rings. The van der Waals surface area contributed by atoms with E-state index in [1.165, 1.54) is 0 Å². The number of nitriles is 1. The monoisotopic (exact) mass is 416 g/mol. The predicted octanol–water partition coefficient (Wildman–Crippen LogP) is 3.49. The minimum absolute atomic E-state index is 0.0560. The maximum Gasteiger partial charge on any atom is 0.318 e. The summed E-state index contributed by atoms with van der Waals surface area (Å²) >= 11 is 0. The van der Waals surface area contributed by atoms with Crippen molar-refractivity contribution in [3.8, 4) is 6.07 Å². The first-order chi connectivity index (χ1) is 15.1. The van der Waals surface area contributed by atoms with Gasteiger partial charge in [0.1, 0.15) is 0 Å². The van der Waals surface area contributed by atoms with Crippen molar-refractivity contribution in [3.05, 3.63) is 71.3 Å². The van der Waals surface area contributed by atoms with Crippen LogP contribution in [0.3, 0.4) is 0 Å². The van der Waals surface area contributed by atoms with Crippen LogP contribution in [-0.2, 0) is 11.2 Å². The molecule has 0 radical (unpaired) electrons. The highest BCUT2D eigenvalue weighted by Gasteiger charge is 2.40. The number of amides is 3. The quantitative estimate of drug-likeness (QED) is 0.829. The van der Waals surface area contributed by atoms with E-state index >= 15 is 0 Å². The molecule has 0 bridgehead atoms. The molecule has 0 aliphatic carbocycles. The maximum absolute atomic E-state index is 12.9. The summed E-state index contributed by atoms with van der Waals surface area (Å²) in [5.41, 5.74) is 2.64. The first-order valence-electron chi connectivity index (χ1n) is 10.9. The van der Waals surface area contributed by atoms with Gasteiger partial charge in [0.05, 0.1) is 24.1 Å². The molecule has 0 spiro atoms. The van der Waals surface area contributed by atoms with Gasteiger partial charge in [-0.25, -0.2) is 4.79 Å². The van der Waals surface area contributed by atoms with Crippen molar-refractivity contribution in [3.63, 3.8) is 0 Å². The van der Waals surface area contributed by atoms with E-state index in [4.69, 9.17) is 0 Å². The molecule has 2 atom stereocenters. The minimum Gasteiger partial charge on any atom is -0.342 e. The number of piperidine rings is 1. The molecule has 2 heterocycles. The van der Waals surface area contributed by atoms with E-state index in [2.05, 4.69) is 18.3 Å². The lowest BCUT2D eigenvalue weighted by Gasteiger charge is -2.47. The van der Waals surface area contributed by atoms with Crippen LogP contribution >= 0.6 is 0 Å². The van der Waals surface area contributed by atoms with E-state index in [0.717, 1.165) is 24.0 Å². The third-order valence-electron chi connectivity index (χ3n) is 6.41. The molecule has 3 amide bonds. The zero-order valence-corrected chi connectivity index (χ0v) is 17.8. The second-order valence-corrected chi connectivity index (χ2v) is 8.53. The number of rotatable bonds is 4. The van der Waals surface area contributed by atoms with E-state index in [1.807, 2.05) is 58.3 Å². The summed E-state index contributed by atoms with van der Waals surface area (Å²) in [6, 6.07) is 19.5. The number of likely N-dealkylation sites (tertiary alicyclic amines) is 1. The zero-order chi connectivity index (χ0) is 21.8. The average molecular weight is 417 g/mol. The normalized spacial score (nSPS) is 22.0. The molecule has 6 nitrogen and oxygen atoms in total. The van der Waals surface area contributed by atoms with Crippen LogP contribution in [0, 0.1) is 17.2 Å². The van der Waals surface area contributed by atoms with Crippen molar-refractivity contribution in [1.29, 1.82) is 5.26 Å². The summed E-state index contributed by atoms with van der Waals surface area (Å²) in [5, 5.41) is 12.3. The third-order valence-corrected chi connectivity index (χ3v) is 6.41. The van der Waals surface area contributed by atoms with Crippen molar-refractivity contribution in [2.45, 2.75) is 38.3 Å². The van der Waals surface area contributed by atoms with Crippen LogP contribution in [0.25, 0.3) is 0 Å². The zero-order valence-electron chi connectivity index (χ0n) is 17.8. The Labute approximate surface area is 183 Å². The Kier molecular flexibility index (Phi) is 6.22. The topological polar surface area (TPSA) is 76.4 Å². The molecule has 0 aromatic heterocycles. The van der Waals surface area contributed by atoms with Crippen molar-refractivity contribution in [1.82, 2.24) is 15.1 Å². The first-order valence-corrected chi connectivity index (χ1v) is 10.9. The molecule has 2 aromatic carbocycles. The Bertz CT molecular complexity index is 977. The number of nitrogens with zero attached hydrogens (tertiary/aromatic N) is 3. The first kappa shape index (κ1) is 20.9. The smallest absolute Gasteiger partial charge is 0.318 e. The summed E-state index contributed by atoms with van der Waals surface area (Å²) in [5.74, 6) is 0.365. The summed E-state index contributed by atoms with van der Waals surface area (Å²) in [4.78, 5) is 29.5. The van der Waals surface area contributed by atoms with Crippen molar-refractivity contribution in [2.24, 2.45) is 5.92 Å². The van der Waals surface area contributed by atoms with Crippen molar-refractivity contribution >= 4 is 11.9 Å². The van der Waals surface area contributed by atoms with Gasteiger partial charge in [0, 0.05) is 25.7 Å². The highest BCUT2D eigenvalue weighted by molar-refractivity contribution is 5.79. The predicted molar refractivity (Wildman–Crippen MR) is 118 cm³/mol. The van der Waals surface area contributed by atoms with Gasteiger partial charge in [-0.2, -0.15) is 5.26 Å². The molecular weight excluding hydrogens is 388 g/mol. The molecule has 6 heteroatoms. The van der Waals surface area contributed by atoms with Crippen LogP contribution in [-0.4, -0.2) is 47.4 Å². The van der Waals surface area contributed by atoms with Crippen molar-refractivity contribution < 1.29 is 9.59 Å². The molecule has 2 unspecified atom stereocenters. The lowest BCUT2D eigenvalue weighted by Crippen LogP contribution is -2.58. The van der Waals surface area contributed by atoms with Crippen LogP contribution in [0.2, 0.25) is 0 Å². The van der Waals surface area contributed by atoms with Gasteiger partial charge in [0.15, 0.2) is 0 Å². The number of hydrogen-bond donors (Lipinski definition) is 1. The molecule has 2 saturated heterocycles. The van der Waals surface area contributed by atoms with E-state index in [0.29, 0.717) is 31.6 Å². The third kappa shape index (κ3) is 4.56. The number of urea groups is 1. The van der Waals surface area contributed by atoms with Gasteiger partial charge in [0.25, 0.3) is 0 Å². The number of nitrogens with one attached hydrogen (secondary N) is 1. The largest absolute Gasteiger partial charge is 0.342 e. The Morgan fingerprint density at radius 1 is 1.13 bits per heavy atom. The molecule has 2 aliphatic heterocycles. The van der Waals surface area contributed by atoms with E-state index in [-0.39, 0.29) is 29.9 Å². The Morgan fingerprint density at radius 3 is 2.58 bits per heavy atom. The summed E-state index contributed by atoms with van der Waals surface area (Å²) < 4.78 is 0. The van der Waals surface area contributed by atoms with Crippen molar-refractivity contribution in [2.75, 3.05) is 19.6 Å². The highest BCUT2D eigenvalue weighted by Crippen LogP contribution is 2.36. The second-order valence-electron chi connectivity index (χ2n) is 8.53. The van der Waals surface area contributed by atoms with Gasteiger partial charge in [-0.3, -0.25) is 4.79 Å². The summed E-state index contributed by atoms with van der Waals surface area (Å²) in [6.45, 7) is 4.05. The second kappa shape index (κ2) is 9.22. The Morgan fingerprint density at radius 2 is 1.87 bits per heavy atom. The SMILES string of the molecule is CC1CNC(=O)N(C2CCN(C(=O)Cc3ccccc3)CC2)C1c1cccc(C#N)c1. The van der Waals surface area contributed by atoms with E-state index in [9.17, 15) is 14.9 Å². The van der Waals surface area contributed by atoms with Gasteiger partial charge < -0.3 is 15.1 Å². The van der Waals surface area contributed by atoms with Gasteiger partial charge in [-0.05, 0) is 42.0 Å². The highest BCUT2D eigenvalue weighted by atomic mass is 16.2. The molecule has 2 fully saturated rings. The Hall–Kier alpha value is -3.33. The minimum atomic E-state index is -0.0707. The molecule has 2 aromatic rings. The molecule has 31 heavy (non-hydrogen) atoms. The van der Waals surface area contributed by atoms with Gasteiger partial charge in [0.2, 0.25) is 5.91 Å². The maximum atomic E-state index is 12.9. The summed E-state index contributed by atoms with van der Waals surface area (Å²) in [6.07, 6.45) is 1.93. The lowest BCUT2D eigenvalue weighted by atomic mass is 9.87. The fraction of sp³-hybridized carbons (Fsp3) is 0.400. The molecule has 160 valence electrons.